The van der Waals surface area contributed by atoms with Crippen LogP contribution in [-0.4, -0.2) is 62.0 Å². The average Bonchev–Trinajstić information content (AvgIpc) is 2.77. The highest BCUT2D eigenvalue weighted by atomic mass is 19.1. The van der Waals surface area contributed by atoms with Gasteiger partial charge < -0.3 is 19.3 Å². The molecule has 2 aromatic carbocycles. The first-order valence-corrected chi connectivity index (χ1v) is 9.55. The number of aryl methyl sites for hydroxylation is 1. The normalized spacial score (nSPS) is 13.9. The summed E-state index contributed by atoms with van der Waals surface area (Å²) in [5.41, 5.74) is 1.03. The number of piperazine rings is 1. The molecule has 0 saturated carbocycles. The Morgan fingerprint density at radius 1 is 0.931 bits per heavy atom. The van der Waals surface area contributed by atoms with E-state index in [1.54, 1.807) is 46.2 Å². The summed E-state index contributed by atoms with van der Waals surface area (Å²) < 4.78 is 24.2. The van der Waals surface area contributed by atoms with Gasteiger partial charge in [0.05, 0.1) is 14.2 Å². The Kier molecular flexibility index (Phi) is 6.69. The second-order valence-corrected chi connectivity index (χ2v) is 6.87. The molecule has 1 fully saturated rings. The van der Waals surface area contributed by atoms with E-state index in [4.69, 9.17) is 9.47 Å². The van der Waals surface area contributed by atoms with Crippen molar-refractivity contribution in [3.05, 3.63) is 59.4 Å². The zero-order chi connectivity index (χ0) is 20.8. The third-order valence-corrected chi connectivity index (χ3v) is 5.08. The molecular weight excluding hydrogens is 375 g/mol. The van der Waals surface area contributed by atoms with Crippen molar-refractivity contribution in [1.82, 2.24) is 9.80 Å². The highest BCUT2D eigenvalue weighted by Gasteiger charge is 2.25. The fraction of sp³-hybridized carbons (Fsp3) is 0.364. The number of hydrogen-bond donors (Lipinski definition) is 0. The highest BCUT2D eigenvalue weighted by molar-refractivity contribution is 5.95. The van der Waals surface area contributed by atoms with Crippen LogP contribution in [0.15, 0.2) is 42.5 Å². The van der Waals surface area contributed by atoms with E-state index in [0.29, 0.717) is 55.2 Å². The Hall–Kier alpha value is -3.09. The maximum atomic E-state index is 13.7. The molecular formula is C22H25FN2O4. The minimum absolute atomic E-state index is 0.0246. The molecule has 29 heavy (non-hydrogen) atoms. The molecule has 1 aliphatic heterocycles. The monoisotopic (exact) mass is 400 g/mol. The first-order valence-electron chi connectivity index (χ1n) is 9.55. The van der Waals surface area contributed by atoms with Gasteiger partial charge in [0.15, 0.2) is 0 Å². The maximum Gasteiger partial charge on any atom is 0.254 e. The zero-order valence-electron chi connectivity index (χ0n) is 16.7. The van der Waals surface area contributed by atoms with Crippen LogP contribution in [0.25, 0.3) is 0 Å². The maximum absolute atomic E-state index is 13.7. The van der Waals surface area contributed by atoms with Crippen molar-refractivity contribution in [1.29, 1.82) is 0 Å². The molecule has 7 heteroatoms. The summed E-state index contributed by atoms with van der Waals surface area (Å²) in [6, 6.07) is 11.6. The topological polar surface area (TPSA) is 59.1 Å². The fourth-order valence-electron chi connectivity index (χ4n) is 3.37. The molecule has 1 saturated heterocycles. The number of halogens is 1. The predicted octanol–water partition coefficient (Wildman–Crippen LogP) is 2.76. The third kappa shape index (κ3) is 5.04. The number of methoxy groups -OCH3 is 2. The lowest BCUT2D eigenvalue weighted by molar-refractivity contribution is -0.132. The molecule has 6 nitrogen and oxygen atoms in total. The summed E-state index contributed by atoms with van der Waals surface area (Å²) in [7, 11) is 3.07. The minimum Gasteiger partial charge on any atom is -0.497 e. The van der Waals surface area contributed by atoms with E-state index in [9.17, 15) is 14.0 Å². The van der Waals surface area contributed by atoms with E-state index >= 15 is 0 Å². The van der Waals surface area contributed by atoms with Crippen molar-refractivity contribution in [2.24, 2.45) is 0 Å². The van der Waals surface area contributed by atoms with Crippen LogP contribution in [0.5, 0.6) is 11.5 Å². The number of benzene rings is 2. The van der Waals surface area contributed by atoms with E-state index < -0.39 is 0 Å². The van der Waals surface area contributed by atoms with E-state index in [1.165, 1.54) is 20.3 Å². The van der Waals surface area contributed by atoms with Gasteiger partial charge in [0.25, 0.3) is 5.91 Å². The van der Waals surface area contributed by atoms with Crippen molar-refractivity contribution < 1.29 is 23.5 Å². The van der Waals surface area contributed by atoms with Gasteiger partial charge in [0.2, 0.25) is 5.91 Å². The Balaban J connectivity index is 1.55. The number of hydrogen-bond acceptors (Lipinski definition) is 4. The Morgan fingerprint density at radius 2 is 1.52 bits per heavy atom. The molecule has 0 atom stereocenters. The molecule has 3 rings (SSSR count). The van der Waals surface area contributed by atoms with Gasteiger partial charge in [-0.3, -0.25) is 9.59 Å². The van der Waals surface area contributed by atoms with Crippen molar-refractivity contribution in [3.8, 4) is 11.5 Å². The van der Waals surface area contributed by atoms with Gasteiger partial charge >= 0.3 is 0 Å². The summed E-state index contributed by atoms with van der Waals surface area (Å²) in [5, 5.41) is 0. The minimum atomic E-state index is -0.288. The van der Waals surface area contributed by atoms with Crippen molar-refractivity contribution in [2.45, 2.75) is 12.8 Å². The average molecular weight is 400 g/mol. The lowest BCUT2D eigenvalue weighted by atomic mass is 10.1. The molecule has 0 aliphatic carbocycles. The van der Waals surface area contributed by atoms with Crippen molar-refractivity contribution >= 4 is 11.8 Å². The number of carbonyl (C=O) groups excluding carboxylic acids is 2. The van der Waals surface area contributed by atoms with E-state index in [1.807, 2.05) is 0 Å². The standard InChI is InChI=1S/C22H25FN2O4/c1-28-18-13-17(14-19(15-18)29-2)22(27)25-11-9-24(10-12-25)21(26)8-7-16-5-3-4-6-20(16)23/h3-6,13-15H,7-12H2,1-2H3. The first-order chi connectivity index (χ1) is 14.0. The van der Waals surface area contributed by atoms with Crippen LogP contribution in [0.3, 0.4) is 0 Å². The summed E-state index contributed by atoms with van der Waals surface area (Å²) >= 11 is 0. The molecule has 2 amide bonds. The Labute approximate surface area is 169 Å². The third-order valence-electron chi connectivity index (χ3n) is 5.08. The number of amides is 2. The van der Waals surface area contributed by atoms with Crippen LogP contribution in [0.2, 0.25) is 0 Å². The highest BCUT2D eigenvalue weighted by Crippen LogP contribution is 2.24. The van der Waals surface area contributed by atoms with Gasteiger partial charge in [0, 0.05) is 44.2 Å². The van der Waals surface area contributed by atoms with Crippen LogP contribution in [0.1, 0.15) is 22.3 Å². The van der Waals surface area contributed by atoms with Crippen molar-refractivity contribution in [3.63, 3.8) is 0 Å². The smallest absolute Gasteiger partial charge is 0.254 e. The van der Waals surface area contributed by atoms with Gasteiger partial charge in [-0.05, 0) is 30.2 Å². The summed E-state index contributed by atoms with van der Waals surface area (Å²) in [4.78, 5) is 28.7. The molecule has 2 aromatic rings. The Bertz CT molecular complexity index is 857. The predicted molar refractivity (Wildman–Crippen MR) is 107 cm³/mol. The lowest BCUT2D eigenvalue weighted by Crippen LogP contribution is -2.50. The van der Waals surface area contributed by atoms with Crippen molar-refractivity contribution in [2.75, 3.05) is 40.4 Å². The summed E-state index contributed by atoms with van der Waals surface area (Å²) in [5.74, 6) is 0.665. The second kappa shape index (κ2) is 9.41. The number of carbonyl (C=O) groups is 2. The first kappa shape index (κ1) is 20.6. The summed E-state index contributed by atoms with van der Waals surface area (Å²) in [6.07, 6.45) is 0.621. The zero-order valence-corrected chi connectivity index (χ0v) is 16.7. The van der Waals surface area contributed by atoms with Crippen LogP contribution in [0.4, 0.5) is 4.39 Å². The van der Waals surface area contributed by atoms with E-state index in [-0.39, 0.29) is 24.1 Å². The number of rotatable bonds is 6. The molecule has 0 aromatic heterocycles. The van der Waals surface area contributed by atoms with Gasteiger partial charge in [0.1, 0.15) is 17.3 Å². The van der Waals surface area contributed by atoms with Crippen LogP contribution in [-0.2, 0) is 11.2 Å². The SMILES string of the molecule is COc1cc(OC)cc(C(=O)N2CCN(C(=O)CCc3ccccc3F)CC2)c1. The molecule has 0 unspecified atom stereocenters. The molecule has 154 valence electrons. The van der Waals surface area contributed by atoms with E-state index in [2.05, 4.69) is 0 Å². The Morgan fingerprint density at radius 3 is 2.10 bits per heavy atom. The van der Waals surface area contributed by atoms with Crippen LogP contribution in [0, 0.1) is 5.82 Å². The molecule has 0 radical (unpaired) electrons. The molecule has 0 bridgehead atoms. The molecule has 1 heterocycles. The second-order valence-electron chi connectivity index (χ2n) is 6.87. The van der Waals surface area contributed by atoms with Gasteiger partial charge in [-0.2, -0.15) is 0 Å². The lowest BCUT2D eigenvalue weighted by Gasteiger charge is -2.35. The van der Waals surface area contributed by atoms with Crippen LogP contribution < -0.4 is 9.47 Å². The van der Waals surface area contributed by atoms with E-state index in [0.717, 1.165) is 0 Å². The van der Waals surface area contributed by atoms with Gasteiger partial charge in [-0.1, -0.05) is 18.2 Å². The molecule has 0 spiro atoms. The quantitative estimate of drug-likeness (QED) is 0.748. The number of nitrogens with zero attached hydrogens (tertiary/aromatic N) is 2. The fourth-order valence-corrected chi connectivity index (χ4v) is 3.37. The summed E-state index contributed by atoms with van der Waals surface area (Å²) in [6.45, 7) is 1.82. The van der Waals surface area contributed by atoms with Gasteiger partial charge in [-0.25, -0.2) is 4.39 Å². The van der Waals surface area contributed by atoms with Gasteiger partial charge in [-0.15, -0.1) is 0 Å². The largest absolute Gasteiger partial charge is 0.497 e. The molecule has 1 aliphatic rings. The number of ether oxygens (including phenoxy) is 2. The van der Waals surface area contributed by atoms with Crippen LogP contribution >= 0.6 is 0 Å². The molecule has 0 N–H and O–H groups in total.